The maximum Gasteiger partial charge on any atom is 0.340 e. The van der Waals surface area contributed by atoms with Gasteiger partial charge in [0.05, 0.1) is 20.3 Å². The molecule has 0 spiro atoms. The Hall–Kier alpha value is -1.40. The Morgan fingerprint density at radius 2 is 1.62 bits per heavy atom. The Morgan fingerprint density at radius 3 is 2.12 bits per heavy atom. The average molecular weight is 384 g/mol. The van der Waals surface area contributed by atoms with Crippen LogP contribution in [0.2, 0.25) is 0 Å². The molecular formula is C18H29N2O5P. The van der Waals surface area contributed by atoms with E-state index in [-0.39, 0.29) is 25.3 Å². The summed E-state index contributed by atoms with van der Waals surface area (Å²) in [5, 5.41) is 0. The van der Waals surface area contributed by atoms with Crippen molar-refractivity contribution in [2.24, 2.45) is 0 Å². The van der Waals surface area contributed by atoms with Crippen LogP contribution in [0.1, 0.15) is 19.4 Å². The molecule has 0 N–H and O–H groups in total. The van der Waals surface area contributed by atoms with Gasteiger partial charge in [0.2, 0.25) is 5.91 Å². The van der Waals surface area contributed by atoms with Gasteiger partial charge in [-0.05, 0) is 31.5 Å². The molecule has 1 fully saturated rings. The monoisotopic (exact) mass is 384 g/mol. The molecule has 0 aromatic heterocycles. The highest BCUT2D eigenvalue weighted by molar-refractivity contribution is 7.54. The molecule has 7 nitrogen and oxygen atoms in total. The Labute approximate surface area is 155 Å². The van der Waals surface area contributed by atoms with Crippen molar-refractivity contribution in [2.75, 3.05) is 52.7 Å². The molecule has 0 atom stereocenters. The lowest BCUT2D eigenvalue weighted by Crippen LogP contribution is -2.49. The molecule has 26 heavy (non-hydrogen) atoms. The van der Waals surface area contributed by atoms with Crippen molar-refractivity contribution in [2.45, 2.75) is 20.4 Å². The fourth-order valence-corrected chi connectivity index (χ4v) is 4.51. The number of nitrogens with zero attached hydrogens (tertiary/aromatic N) is 2. The Morgan fingerprint density at radius 1 is 1.04 bits per heavy atom. The van der Waals surface area contributed by atoms with Crippen LogP contribution in [0.3, 0.4) is 0 Å². The van der Waals surface area contributed by atoms with E-state index in [1.165, 1.54) is 5.56 Å². The minimum absolute atomic E-state index is 0.167. The van der Waals surface area contributed by atoms with Crippen molar-refractivity contribution < 1.29 is 23.1 Å². The van der Waals surface area contributed by atoms with Crippen molar-refractivity contribution in [3.05, 3.63) is 29.8 Å². The quantitative estimate of drug-likeness (QED) is 0.610. The number of hydrogen-bond donors (Lipinski definition) is 0. The number of carbonyl (C=O) groups excluding carboxylic acids is 1. The molecule has 8 heteroatoms. The number of amides is 1. The van der Waals surface area contributed by atoms with Crippen LogP contribution in [-0.2, 0) is 25.0 Å². The molecule has 1 saturated heterocycles. The first kappa shape index (κ1) is 20.9. The van der Waals surface area contributed by atoms with Crippen LogP contribution in [0.25, 0.3) is 0 Å². The van der Waals surface area contributed by atoms with Crippen LogP contribution in [0.15, 0.2) is 24.3 Å². The van der Waals surface area contributed by atoms with Gasteiger partial charge in [0.25, 0.3) is 0 Å². The van der Waals surface area contributed by atoms with Crippen molar-refractivity contribution in [3.8, 4) is 5.75 Å². The second-order valence-corrected chi connectivity index (χ2v) is 8.16. The molecule has 0 radical (unpaired) electrons. The van der Waals surface area contributed by atoms with Crippen LogP contribution in [-0.4, -0.2) is 68.4 Å². The molecule has 1 amide bonds. The molecule has 1 aliphatic rings. The fraction of sp³-hybridized carbons (Fsp3) is 0.611. The molecule has 1 aromatic carbocycles. The summed E-state index contributed by atoms with van der Waals surface area (Å²) in [4.78, 5) is 16.5. The minimum atomic E-state index is -3.34. The number of benzene rings is 1. The van der Waals surface area contributed by atoms with Crippen LogP contribution in [0.5, 0.6) is 5.75 Å². The molecular weight excluding hydrogens is 355 g/mol. The number of methoxy groups -OCH3 is 1. The highest BCUT2D eigenvalue weighted by atomic mass is 31.2. The predicted octanol–water partition coefficient (Wildman–Crippen LogP) is 2.61. The summed E-state index contributed by atoms with van der Waals surface area (Å²) < 4.78 is 28.1. The number of piperazine rings is 1. The van der Waals surface area contributed by atoms with Gasteiger partial charge in [-0.3, -0.25) is 14.3 Å². The highest BCUT2D eigenvalue weighted by Gasteiger charge is 2.31. The normalized spacial score (nSPS) is 15.9. The van der Waals surface area contributed by atoms with E-state index in [9.17, 15) is 9.36 Å². The van der Waals surface area contributed by atoms with E-state index in [0.29, 0.717) is 13.1 Å². The first-order valence-electron chi connectivity index (χ1n) is 9.01. The maximum absolute atomic E-state index is 12.5. The zero-order valence-corrected chi connectivity index (χ0v) is 16.7. The van der Waals surface area contributed by atoms with E-state index in [0.717, 1.165) is 25.4 Å². The van der Waals surface area contributed by atoms with Gasteiger partial charge < -0.3 is 18.7 Å². The first-order chi connectivity index (χ1) is 12.5. The first-order valence-corrected chi connectivity index (χ1v) is 10.7. The van der Waals surface area contributed by atoms with Crippen LogP contribution in [0.4, 0.5) is 0 Å². The summed E-state index contributed by atoms with van der Waals surface area (Å²) in [6.07, 6.45) is -0.187. The Kier molecular flexibility index (Phi) is 8.10. The van der Waals surface area contributed by atoms with Crippen molar-refractivity contribution in [3.63, 3.8) is 0 Å². The zero-order chi connectivity index (χ0) is 19.0. The number of rotatable bonds is 9. The van der Waals surface area contributed by atoms with E-state index in [1.807, 2.05) is 12.1 Å². The fourth-order valence-electron chi connectivity index (χ4n) is 2.93. The van der Waals surface area contributed by atoms with Crippen molar-refractivity contribution >= 4 is 13.5 Å². The van der Waals surface area contributed by atoms with E-state index < -0.39 is 7.60 Å². The van der Waals surface area contributed by atoms with Gasteiger partial charge in [-0.15, -0.1) is 0 Å². The summed E-state index contributed by atoms with van der Waals surface area (Å²) in [6.45, 7) is 7.65. The van der Waals surface area contributed by atoms with Crippen LogP contribution < -0.4 is 4.74 Å². The van der Waals surface area contributed by atoms with Crippen LogP contribution in [0, 0.1) is 0 Å². The molecule has 0 aliphatic carbocycles. The summed E-state index contributed by atoms with van der Waals surface area (Å²) in [7, 11) is -1.68. The van der Waals surface area contributed by atoms with Crippen molar-refractivity contribution in [1.29, 1.82) is 0 Å². The number of ether oxygens (including phenoxy) is 1. The van der Waals surface area contributed by atoms with Gasteiger partial charge in [0, 0.05) is 32.7 Å². The number of hydrogen-bond acceptors (Lipinski definition) is 6. The Bertz CT molecular complexity index is 605. The van der Waals surface area contributed by atoms with Gasteiger partial charge in [-0.2, -0.15) is 0 Å². The minimum Gasteiger partial charge on any atom is -0.497 e. The predicted molar refractivity (Wildman–Crippen MR) is 101 cm³/mol. The third-order valence-corrected chi connectivity index (χ3v) is 6.23. The smallest absolute Gasteiger partial charge is 0.340 e. The lowest BCUT2D eigenvalue weighted by atomic mass is 10.2. The third kappa shape index (κ3) is 6.09. The maximum atomic E-state index is 12.5. The topological polar surface area (TPSA) is 68.3 Å². The Balaban J connectivity index is 1.82. The van der Waals surface area contributed by atoms with Gasteiger partial charge in [0.15, 0.2) is 0 Å². The van der Waals surface area contributed by atoms with E-state index in [4.69, 9.17) is 13.8 Å². The standard InChI is InChI=1S/C18H29N2O5P/c1-4-24-26(22,25-5-2)15-18(21)20-12-10-19(11-13-20)14-16-6-8-17(23-3)9-7-16/h6-9H,4-5,10-15H2,1-3H3. The molecule has 0 bridgehead atoms. The summed E-state index contributed by atoms with van der Waals surface area (Å²) in [5.74, 6) is 0.677. The summed E-state index contributed by atoms with van der Waals surface area (Å²) >= 11 is 0. The number of carbonyl (C=O) groups is 1. The second-order valence-electron chi connectivity index (χ2n) is 6.11. The molecule has 146 valence electrons. The van der Waals surface area contributed by atoms with Gasteiger partial charge >= 0.3 is 7.60 Å². The zero-order valence-electron chi connectivity index (χ0n) is 15.8. The van der Waals surface area contributed by atoms with Gasteiger partial charge in [0.1, 0.15) is 11.9 Å². The van der Waals surface area contributed by atoms with E-state index in [2.05, 4.69) is 17.0 Å². The lowest BCUT2D eigenvalue weighted by molar-refractivity contribution is -0.130. The van der Waals surface area contributed by atoms with Gasteiger partial charge in [-0.1, -0.05) is 12.1 Å². The average Bonchev–Trinajstić information content (AvgIpc) is 2.63. The van der Waals surface area contributed by atoms with E-state index in [1.54, 1.807) is 25.9 Å². The molecule has 0 saturated carbocycles. The highest BCUT2D eigenvalue weighted by Crippen LogP contribution is 2.47. The molecule has 0 unspecified atom stereocenters. The largest absolute Gasteiger partial charge is 0.497 e. The van der Waals surface area contributed by atoms with Crippen LogP contribution >= 0.6 is 7.60 Å². The van der Waals surface area contributed by atoms with Crippen molar-refractivity contribution in [1.82, 2.24) is 9.80 Å². The summed E-state index contributed by atoms with van der Waals surface area (Å²) in [6, 6.07) is 8.01. The molecule has 2 rings (SSSR count). The third-order valence-electron chi connectivity index (χ3n) is 4.27. The molecule has 1 heterocycles. The van der Waals surface area contributed by atoms with Gasteiger partial charge in [-0.25, -0.2) is 0 Å². The summed E-state index contributed by atoms with van der Waals surface area (Å²) in [5.41, 5.74) is 1.21. The SMILES string of the molecule is CCOP(=O)(CC(=O)N1CCN(Cc2ccc(OC)cc2)CC1)OCC. The second kappa shape index (κ2) is 10.1. The molecule has 1 aromatic rings. The lowest BCUT2D eigenvalue weighted by Gasteiger charge is -2.35. The molecule has 1 aliphatic heterocycles. The van der Waals surface area contributed by atoms with E-state index >= 15 is 0 Å².